The molecule has 0 fully saturated rings. The van der Waals surface area contributed by atoms with E-state index in [2.05, 4.69) is 4.99 Å². The second-order valence-corrected chi connectivity index (χ2v) is 2.07. The third-order valence-electron chi connectivity index (χ3n) is 1.18. The van der Waals surface area contributed by atoms with Crippen molar-refractivity contribution in [2.45, 2.75) is 19.8 Å². The van der Waals surface area contributed by atoms with Gasteiger partial charge in [0, 0.05) is 26.7 Å². The first kappa shape index (κ1) is 9.43. The Hall–Kier alpha value is -0.570. The lowest BCUT2D eigenvalue weighted by molar-refractivity contribution is 0.197. The van der Waals surface area contributed by atoms with Gasteiger partial charge in [0.1, 0.15) is 0 Å². The maximum Gasteiger partial charge on any atom is 0.0934 e. The summed E-state index contributed by atoms with van der Waals surface area (Å²) in [4.78, 5) is 4.09. The summed E-state index contributed by atoms with van der Waals surface area (Å²) in [5.41, 5.74) is 5.46. The lowest BCUT2D eigenvalue weighted by Gasteiger charge is -1.96. The highest BCUT2D eigenvalue weighted by molar-refractivity contribution is 5.79. The molecule has 0 aromatic rings. The number of ether oxygens (including phenoxy) is 1. The molecule has 0 saturated carbocycles. The van der Waals surface area contributed by atoms with Crippen molar-refractivity contribution >= 4 is 5.84 Å². The molecule has 2 N–H and O–H groups in total. The number of nitrogens with zero attached hydrogens (tertiary/aromatic N) is 1. The second kappa shape index (κ2) is 6.55. The Labute approximate surface area is 62.3 Å². The molecule has 0 heterocycles. The summed E-state index contributed by atoms with van der Waals surface area (Å²) in [5.74, 6) is 0.733. The van der Waals surface area contributed by atoms with Crippen LogP contribution in [0.15, 0.2) is 4.99 Å². The number of hydrogen-bond donors (Lipinski definition) is 1. The smallest absolute Gasteiger partial charge is 0.0934 e. The number of amidine groups is 1. The molecule has 0 aromatic heterocycles. The van der Waals surface area contributed by atoms with Crippen molar-refractivity contribution < 1.29 is 4.74 Å². The summed E-state index contributed by atoms with van der Waals surface area (Å²) in [6.45, 7) is 3.54. The van der Waals surface area contributed by atoms with Crippen molar-refractivity contribution in [3.05, 3.63) is 0 Å². The first-order valence-electron chi connectivity index (χ1n) is 3.59. The van der Waals surface area contributed by atoms with Gasteiger partial charge in [0.2, 0.25) is 0 Å². The zero-order valence-corrected chi connectivity index (χ0v) is 6.76. The SMILES string of the molecule is CCC(N)=NCCCOC. The van der Waals surface area contributed by atoms with Gasteiger partial charge in [0.15, 0.2) is 0 Å². The number of nitrogens with two attached hydrogens (primary N) is 1. The zero-order valence-electron chi connectivity index (χ0n) is 6.76. The van der Waals surface area contributed by atoms with Gasteiger partial charge in [-0.25, -0.2) is 0 Å². The molecule has 0 saturated heterocycles. The van der Waals surface area contributed by atoms with Gasteiger partial charge in [0.05, 0.1) is 5.84 Å². The number of methoxy groups -OCH3 is 1. The predicted octanol–water partition coefficient (Wildman–Crippen LogP) is 0.790. The van der Waals surface area contributed by atoms with E-state index in [-0.39, 0.29) is 0 Å². The van der Waals surface area contributed by atoms with Gasteiger partial charge >= 0.3 is 0 Å². The number of hydrogen-bond acceptors (Lipinski definition) is 2. The van der Waals surface area contributed by atoms with Gasteiger partial charge in [-0.15, -0.1) is 0 Å². The number of rotatable bonds is 5. The molecular weight excluding hydrogens is 128 g/mol. The Kier molecular flexibility index (Phi) is 6.18. The third kappa shape index (κ3) is 5.56. The summed E-state index contributed by atoms with van der Waals surface area (Å²) < 4.78 is 4.85. The van der Waals surface area contributed by atoms with E-state index in [9.17, 15) is 0 Å². The summed E-state index contributed by atoms with van der Waals surface area (Å²) in [6, 6.07) is 0. The molecule has 0 aliphatic rings. The van der Waals surface area contributed by atoms with E-state index in [0.29, 0.717) is 0 Å². The fraction of sp³-hybridized carbons (Fsp3) is 0.857. The van der Waals surface area contributed by atoms with Crippen LogP contribution in [0, 0.1) is 0 Å². The Morgan fingerprint density at radius 3 is 2.80 bits per heavy atom. The van der Waals surface area contributed by atoms with Crippen LogP contribution in [0.3, 0.4) is 0 Å². The van der Waals surface area contributed by atoms with Crippen molar-refractivity contribution in [1.82, 2.24) is 0 Å². The first-order chi connectivity index (χ1) is 4.81. The number of aliphatic imine (C=N–C) groups is 1. The highest BCUT2D eigenvalue weighted by Crippen LogP contribution is 1.83. The highest BCUT2D eigenvalue weighted by atomic mass is 16.5. The molecule has 0 radical (unpaired) electrons. The molecular formula is C7H16N2O. The standard InChI is InChI=1S/C7H16N2O/c1-3-7(8)9-5-4-6-10-2/h3-6H2,1-2H3,(H2,8,9). The van der Waals surface area contributed by atoms with Crippen molar-refractivity contribution in [3.8, 4) is 0 Å². The van der Waals surface area contributed by atoms with Gasteiger partial charge in [-0.1, -0.05) is 6.92 Å². The van der Waals surface area contributed by atoms with E-state index in [4.69, 9.17) is 10.5 Å². The van der Waals surface area contributed by atoms with Crippen LogP contribution < -0.4 is 5.73 Å². The van der Waals surface area contributed by atoms with Crippen LogP contribution >= 0.6 is 0 Å². The average Bonchev–Trinajstić information content (AvgIpc) is 1.98. The van der Waals surface area contributed by atoms with Crippen LogP contribution in [0.1, 0.15) is 19.8 Å². The summed E-state index contributed by atoms with van der Waals surface area (Å²) >= 11 is 0. The minimum Gasteiger partial charge on any atom is -0.387 e. The fourth-order valence-corrected chi connectivity index (χ4v) is 0.543. The van der Waals surface area contributed by atoms with Crippen LogP contribution in [0.5, 0.6) is 0 Å². The quantitative estimate of drug-likeness (QED) is 0.352. The van der Waals surface area contributed by atoms with Crippen LogP contribution in [0.4, 0.5) is 0 Å². The molecule has 0 aliphatic carbocycles. The molecule has 10 heavy (non-hydrogen) atoms. The van der Waals surface area contributed by atoms with Gasteiger partial charge in [0.25, 0.3) is 0 Å². The molecule has 0 amide bonds. The maximum atomic E-state index is 5.46. The van der Waals surface area contributed by atoms with E-state index in [0.717, 1.165) is 31.8 Å². The minimum absolute atomic E-state index is 0.733. The van der Waals surface area contributed by atoms with Gasteiger partial charge in [-0.05, 0) is 6.42 Å². The lowest BCUT2D eigenvalue weighted by Crippen LogP contribution is -2.10. The lowest BCUT2D eigenvalue weighted by atomic mass is 10.4. The van der Waals surface area contributed by atoms with Crippen molar-refractivity contribution in [1.29, 1.82) is 0 Å². The summed E-state index contributed by atoms with van der Waals surface area (Å²) in [7, 11) is 1.69. The molecule has 0 rings (SSSR count). The Balaban J connectivity index is 3.16. The van der Waals surface area contributed by atoms with Gasteiger partial charge in [-0.3, -0.25) is 4.99 Å². The molecule has 0 spiro atoms. The van der Waals surface area contributed by atoms with Gasteiger partial charge < -0.3 is 10.5 Å². The minimum atomic E-state index is 0.733. The molecule has 60 valence electrons. The topological polar surface area (TPSA) is 47.6 Å². The molecule has 3 nitrogen and oxygen atoms in total. The van der Waals surface area contributed by atoms with E-state index >= 15 is 0 Å². The van der Waals surface area contributed by atoms with Crippen LogP contribution in [-0.4, -0.2) is 26.1 Å². The van der Waals surface area contributed by atoms with E-state index in [1.165, 1.54) is 0 Å². The van der Waals surface area contributed by atoms with Crippen molar-refractivity contribution in [2.24, 2.45) is 10.7 Å². The molecule has 0 aliphatic heterocycles. The predicted molar refractivity (Wildman–Crippen MR) is 43.3 cm³/mol. The van der Waals surface area contributed by atoms with Crippen molar-refractivity contribution in [2.75, 3.05) is 20.3 Å². The average molecular weight is 144 g/mol. The third-order valence-corrected chi connectivity index (χ3v) is 1.18. The monoisotopic (exact) mass is 144 g/mol. The summed E-state index contributed by atoms with van der Waals surface area (Å²) in [5, 5.41) is 0. The van der Waals surface area contributed by atoms with Crippen molar-refractivity contribution in [3.63, 3.8) is 0 Å². The van der Waals surface area contributed by atoms with Crippen LogP contribution in [0.2, 0.25) is 0 Å². The molecule has 3 heteroatoms. The van der Waals surface area contributed by atoms with E-state index in [1.807, 2.05) is 6.92 Å². The van der Waals surface area contributed by atoms with E-state index < -0.39 is 0 Å². The highest BCUT2D eigenvalue weighted by Gasteiger charge is 1.85. The summed E-state index contributed by atoms with van der Waals surface area (Å²) in [6.07, 6.45) is 1.80. The van der Waals surface area contributed by atoms with Crippen LogP contribution in [-0.2, 0) is 4.74 Å². The molecule has 0 unspecified atom stereocenters. The maximum absolute atomic E-state index is 5.46. The zero-order chi connectivity index (χ0) is 7.82. The molecule has 0 atom stereocenters. The largest absolute Gasteiger partial charge is 0.387 e. The molecule has 0 bridgehead atoms. The fourth-order valence-electron chi connectivity index (χ4n) is 0.543. The Bertz CT molecular complexity index is 102. The normalized spacial score (nSPS) is 12.0. The van der Waals surface area contributed by atoms with Crippen LogP contribution in [0.25, 0.3) is 0 Å². The Morgan fingerprint density at radius 1 is 1.60 bits per heavy atom. The molecule has 0 aromatic carbocycles. The second-order valence-electron chi connectivity index (χ2n) is 2.07. The van der Waals surface area contributed by atoms with E-state index in [1.54, 1.807) is 7.11 Å². The first-order valence-corrected chi connectivity index (χ1v) is 3.59. The Morgan fingerprint density at radius 2 is 2.30 bits per heavy atom. The van der Waals surface area contributed by atoms with Gasteiger partial charge in [-0.2, -0.15) is 0 Å².